The second kappa shape index (κ2) is 9.54. The molecule has 0 saturated carbocycles. The molecule has 1 amide bonds. The smallest absolute Gasteiger partial charge is 0.222 e. The summed E-state index contributed by atoms with van der Waals surface area (Å²) < 4.78 is 7.13. The van der Waals surface area contributed by atoms with Crippen LogP contribution < -0.4 is 10.1 Å². The van der Waals surface area contributed by atoms with Crippen LogP contribution in [-0.2, 0) is 11.3 Å². The van der Waals surface area contributed by atoms with E-state index in [1.165, 1.54) is 0 Å². The van der Waals surface area contributed by atoms with E-state index in [9.17, 15) is 4.79 Å². The summed E-state index contributed by atoms with van der Waals surface area (Å²) in [6.45, 7) is 5.06. The quantitative estimate of drug-likeness (QED) is 0.573. The minimum Gasteiger partial charge on any atom is -0.497 e. The van der Waals surface area contributed by atoms with Crippen molar-refractivity contribution in [1.82, 2.24) is 20.0 Å². The number of nitrogens with zero attached hydrogens (tertiary/aromatic N) is 3. The van der Waals surface area contributed by atoms with E-state index in [1.54, 1.807) is 7.11 Å². The lowest BCUT2D eigenvalue weighted by molar-refractivity contribution is -0.127. The van der Waals surface area contributed by atoms with Gasteiger partial charge in [-0.25, -0.2) is 4.68 Å². The number of methoxy groups -OCH3 is 1. The van der Waals surface area contributed by atoms with Gasteiger partial charge >= 0.3 is 0 Å². The molecule has 1 aromatic heterocycles. The lowest BCUT2D eigenvalue weighted by atomic mass is 10.1. The van der Waals surface area contributed by atoms with E-state index < -0.39 is 0 Å². The molecule has 2 heterocycles. The van der Waals surface area contributed by atoms with Gasteiger partial charge in [0.15, 0.2) is 0 Å². The topological polar surface area (TPSA) is 59.4 Å². The summed E-state index contributed by atoms with van der Waals surface area (Å²) in [5, 5.41) is 9.04. The molecule has 0 spiro atoms. The standard InChI is InChI=1S/C24H27ClN4O2/c1-3-28-15-17(12-23(28)30)13-26-14-18-16-29(19-8-10-20(31-2)11-9-19)27-24(18)21-6-4-5-7-22(21)25/h4-11,16-17,26H,3,12-15H2,1-2H3/t17-/m1/s1. The summed E-state index contributed by atoms with van der Waals surface area (Å²) in [6, 6.07) is 15.5. The van der Waals surface area contributed by atoms with Crippen LogP contribution in [0.15, 0.2) is 54.7 Å². The lowest BCUT2D eigenvalue weighted by Gasteiger charge is -2.14. The average molecular weight is 439 g/mol. The number of benzene rings is 2. The minimum atomic E-state index is 0.249. The maximum absolute atomic E-state index is 12.0. The normalized spacial score (nSPS) is 16.2. The van der Waals surface area contributed by atoms with Crippen LogP contribution in [-0.4, -0.2) is 47.3 Å². The highest BCUT2D eigenvalue weighted by Crippen LogP contribution is 2.30. The van der Waals surface area contributed by atoms with Crippen LogP contribution in [0.1, 0.15) is 18.9 Å². The van der Waals surface area contributed by atoms with E-state index in [0.717, 1.165) is 47.9 Å². The minimum absolute atomic E-state index is 0.249. The van der Waals surface area contributed by atoms with Gasteiger partial charge in [0.2, 0.25) is 5.91 Å². The van der Waals surface area contributed by atoms with Crippen molar-refractivity contribution < 1.29 is 9.53 Å². The Morgan fingerprint density at radius 3 is 2.65 bits per heavy atom. The molecule has 1 aliphatic rings. The third-order valence-electron chi connectivity index (χ3n) is 5.68. The SMILES string of the molecule is CCN1C[C@@H](CNCc2cn(-c3ccc(OC)cc3)nc2-c2ccccc2Cl)CC1=O. The van der Waals surface area contributed by atoms with Crippen LogP contribution in [0.5, 0.6) is 5.75 Å². The van der Waals surface area contributed by atoms with Crippen molar-refractivity contribution >= 4 is 17.5 Å². The van der Waals surface area contributed by atoms with Crippen molar-refractivity contribution in [1.29, 1.82) is 0 Å². The number of aromatic nitrogens is 2. The Labute approximate surface area is 187 Å². The molecule has 162 valence electrons. The van der Waals surface area contributed by atoms with Crippen LogP contribution in [0.4, 0.5) is 0 Å². The number of amides is 1. The van der Waals surface area contributed by atoms with Gasteiger partial charge in [0.25, 0.3) is 0 Å². The average Bonchev–Trinajstić information content (AvgIpc) is 3.37. The summed E-state index contributed by atoms with van der Waals surface area (Å²) >= 11 is 6.48. The van der Waals surface area contributed by atoms with Gasteiger partial charge in [0.05, 0.1) is 23.5 Å². The third kappa shape index (κ3) is 4.75. The molecule has 1 fully saturated rings. The Bertz CT molecular complexity index is 1050. The van der Waals surface area contributed by atoms with Gasteiger partial charge in [0.1, 0.15) is 5.75 Å². The van der Waals surface area contributed by atoms with Crippen molar-refractivity contribution in [3.8, 4) is 22.7 Å². The monoisotopic (exact) mass is 438 g/mol. The molecule has 1 saturated heterocycles. The molecule has 2 aromatic carbocycles. The Morgan fingerprint density at radius 2 is 1.97 bits per heavy atom. The van der Waals surface area contributed by atoms with Crippen LogP contribution in [0, 0.1) is 5.92 Å². The molecule has 3 aromatic rings. The zero-order valence-electron chi connectivity index (χ0n) is 17.8. The highest BCUT2D eigenvalue weighted by molar-refractivity contribution is 6.33. The molecule has 0 radical (unpaired) electrons. The molecule has 4 rings (SSSR count). The fourth-order valence-electron chi connectivity index (χ4n) is 3.99. The second-order valence-electron chi connectivity index (χ2n) is 7.76. The van der Waals surface area contributed by atoms with E-state index in [1.807, 2.05) is 71.2 Å². The van der Waals surface area contributed by atoms with Crippen molar-refractivity contribution in [2.75, 3.05) is 26.7 Å². The van der Waals surface area contributed by atoms with Crippen LogP contribution in [0.25, 0.3) is 16.9 Å². The number of hydrogen-bond acceptors (Lipinski definition) is 4. The van der Waals surface area contributed by atoms with Gasteiger partial charge in [-0.2, -0.15) is 5.10 Å². The maximum Gasteiger partial charge on any atom is 0.222 e. The molecule has 31 heavy (non-hydrogen) atoms. The number of likely N-dealkylation sites (tertiary alicyclic amines) is 1. The first-order chi connectivity index (χ1) is 15.1. The van der Waals surface area contributed by atoms with E-state index >= 15 is 0 Å². The van der Waals surface area contributed by atoms with Crippen LogP contribution >= 0.6 is 11.6 Å². The van der Waals surface area contributed by atoms with Crippen molar-refractivity contribution in [2.45, 2.75) is 19.9 Å². The van der Waals surface area contributed by atoms with E-state index in [4.69, 9.17) is 21.4 Å². The van der Waals surface area contributed by atoms with Gasteiger partial charge < -0.3 is 15.0 Å². The molecular weight excluding hydrogens is 412 g/mol. The van der Waals surface area contributed by atoms with Gasteiger partial charge in [-0.15, -0.1) is 0 Å². The number of hydrogen-bond donors (Lipinski definition) is 1. The fraction of sp³-hybridized carbons (Fsp3) is 0.333. The van der Waals surface area contributed by atoms with Crippen LogP contribution in [0.3, 0.4) is 0 Å². The lowest BCUT2D eigenvalue weighted by Crippen LogP contribution is -2.27. The van der Waals surface area contributed by atoms with Gasteiger partial charge in [-0.3, -0.25) is 4.79 Å². The largest absolute Gasteiger partial charge is 0.497 e. The summed E-state index contributed by atoms with van der Waals surface area (Å²) in [6.07, 6.45) is 2.65. The van der Waals surface area contributed by atoms with Crippen molar-refractivity contribution in [2.24, 2.45) is 5.92 Å². The molecule has 0 unspecified atom stereocenters. The molecule has 0 bridgehead atoms. The fourth-order valence-corrected chi connectivity index (χ4v) is 4.22. The summed E-state index contributed by atoms with van der Waals surface area (Å²) in [7, 11) is 1.65. The number of nitrogens with one attached hydrogen (secondary N) is 1. The van der Waals surface area contributed by atoms with E-state index in [0.29, 0.717) is 23.9 Å². The Hall–Kier alpha value is -2.83. The zero-order valence-corrected chi connectivity index (χ0v) is 18.6. The molecule has 6 nitrogen and oxygen atoms in total. The summed E-state index contributed by atoms with van der Waals surface area (Å²) in [5.74, 6) is 1.39. The number of carbonyl (C=O) groups is 1. The van der Waals surface area contributed by atoms with E-state index in [2.05, 4.69) is 5.32 Å². The highest BCUT2D eigenvalue weighted by Gasteiger charge is 2.28. The number of rotatable bonds is 8. The number of ether oxygens (including phenoxy) is 1. The van der Waals surface area contributed by atoms with Gasteiger partial charge in [-0.1, -0.05) is 29.8 Å². The predicted molar refractivity (Wildman–Crippen MR) is 123 cm³/mol. The Kier molecular flexibility index (Phi) is 6.59. The van der Waals surface area contributed by atoms with Gasteiger partial charge in [0, 0.05) is 49.9 Å². The second-order valence-corrected chi connectivity index (χ2v) is 8.17. The van der Waals surface area contributed by atoms with Crippen molar-refractivity contribution in [3.63, 3.8) is 0 Å². The number of carbonyl (C=O) groups excluding carboxylic acids is 1. The highest BCUT2D eigenvalue weighted by atomic mass is 35.5. The zero-order chi connectivity index (χ0) is 21.8. The first-order valence-electron chi connectivity index (χ1n) is 10.6. The van der Waals surface area contributed by atoms with Crippen molar-refractivity contribution in [3.05, 3.63) is 65.3 Å². The third-order valence-corrected chi connectivity index (χ3v) is 6.01. The maximum atomic E-state index is 12.0. The summed E-state index contributed by atoms with van der Waals surface area (Å²) in [5.41, 5.74) is 3.76. The number of halogens is 1. The first-order valence-corrected chi connectivity index (χ1v) is 10.9. The Morgan fingerprint density at radius 1 is 1.19 bits per heavy atom. The van der Waals surface area contributed by atoms with Crippen LogP contribution in [0.2, 0.25) is 5.02 Å². The molecular formula is C24H27ClN4O2. The molecule has 7 heteroatoms. The predicted octanol–water partition coefficient (Wildman–Crippen LogP) is 4.16. The van der Waals surface area contributed by atoms with E-state index in [-0.39, 0.29) is 5.91 Å². The molecule has 0 aliphatic carbocycles. The molecule has 1 aliphatic heterocycles. The molecule has 1 atom stereocenters. The molecule has 1 N–H and O–H groups in total. The Balaban J connectivity index is 1.55. The first kappa shape index (κ1) is 21.4. The van der Waals surface area contributed by atoms with Gasteiger partial charge in [-0.05, 0) is 43.2 Å². The summed E-state index contributed by atoms with van der Waals surface area (Å²) in [4.78, 5) is 13.9.